The molecule has 1 aliphatic carbocycles. The predicted octanol–water partition coefficient (Wildman–Crippen LogP) is 2.41. The molecule has 2 aliphatic rings. The molecule has 23 heavy (non-hydrogen) atoms. The summed E-state index contributed by atoms with van der Waals surface area (Å²) in [6.45, 7) is 1.89. The Balaban J connectivity index is 1.56. The van der Waals surface area contributed by atoms with E-state index in [4.69, 9.17) is 4.98 Å². The molecule has 1 saturated heterocycles. The Morgan fingerprint density at radius 2 is 2.04 bits per heavy atom. The summed E-state index contributed by atoms with van der Waals surface area (Å²) in [6.07, 6.45) is 4.35. The fourth-order valence-electron chi connectivity index (χ4n) is 3.67. The number of aromatic nitrogens is 2. The molecule has 0 spiro atoms. The van der Waals surface area contributed by atoms with Crippen LogP contribution in [0.2, 0.25) is 0 Å². The largest absolute Gasteiger partial charge is 0.341 e. The standard InChI is InChI=1S/C18H24N4O/c1-20(17(23)13-9-10-13)14-6-5-11-22(12-14)18-19-15-7-3-4-8-16(15)21(18)2/h3-4,7-8,13-14H,5-6,9-12H2,1-2H3. The van der Waals surface area contributed by atoms with Crippen molar-refractivity contribution in [3.05, 3.63) is 24.3 Å². The van der Waals surface area contributed by atoms with E-state index < -0.39 is 0 Å². The minimum Gasteiger partial charge on any atom is -0.341 e. The van der Waals surface area contributed by atoms with E-state index in [1.54, 1.807) is 0 Å². The minimum atomic E-state index is 0.297. The van der Waals surface area contributed by atoms with Crippen molar-refractivity contribution in [3.63, 3.8) is 0 Å². The number of nitrogens with zero attached hydrogens (tertiary/aromatic N) is 4. The number of carbonyl (C=O) groups is 1. The van der Waals surface area contributed by atoms with Crippen LogP contribution < -0.4 is 4.90 Å². The maximum atomic E-state index is 12.3. The lowest BCUT2D eigenvalue weighted by Gasteiger charge is -2.38. The van der Waals surface area contributed by atoms with Crippen molar-refractivity contribution in [2.75, 3.05) is 25.0 Å². The normalized spacial score (nSPS) is 21.7. The second-order valence-electron chi connectivity index (χ2n) is 6.93. The highest BCUT2D eigenvalue weighted by molar-refractivity contribution is 5.81. The highest BCUT2D eigenvalue weighted by Crippen LogP contribution is 2.32. The van der Waals surface area contributed by atoms with Gasteiger partial charge in [0.2, 0.25) is 11.9 Å². The van der Waals surface area contributed by atoms with Gasteiger partial charge in [0.25, 0.3) is 0 Å². The second-order valence-corrected chi connectivity index (χ2v) is 6.93. The number of rotatable bonds is 3. The molecular weight excluding hydrogens is 288 g/mol. The van der Waals surface area contributed by atoms with Gasteiger partial charge in [0.05, 0.1) is 11.0 Å². The van der Waals surface area contributed by atoms with Crippen molar-refractivity contribution in [1.29, 1.82) is 0 Å². The number of fused-ring (bicyclic) bond motifs is 1. The molecule has 0 N–H and O–H groups in total. The number of aryl methyl sites for hydroxylation is 1. The van der Waals surface area contributed by atoms with Crippen molar-refractivity contribution in [1.82, 2.24) is 14.5 Å². The number of para-hydroxylation sites is 2. The molecule has 2 aromatic rings. The van der Waals surface area contributed by atoms with Gasteiger partial charge in [-0.05, 0) is 37.8 Å². The number of anilines is 1. The molecule has 5 nitrogen and oxygen atoms in total. The van der Waals surface area contributed by atoms with Gasteiger partial charge in [0, 0.05) is 39.1 Å². The molecule has 1 aromatic heterocycles. The third-order valence-corrected chi connectivity index (χ3v) is 5.26. The first kappa shape index (κ1) is 14.5. The summed E-state index contributed by atoms with van der Waals surface area (Å²) >= 11 is 0. The third kappa shape index (κ3) is 2.58. The summed E-state index contributed by atoms with van der Waals surface area (Å²) in [5.41, 5.74) is 2.20. The van der Waals surface area contributed by atoms with Gasteiger partial charge in [-0.25, -0.2) is 4.98 Å². The van der Waals surface area contributed by atoms with Gasteiger partial charge in [-0.15, -0.1) is 0 Å². The summed E-state index contributed by atoms with van der Waals surface area (Å²) in [5, 5.41) is 0. The number of carbonyl (C=O) groups excluding carboxylic acids is 1. The van der Waals surface area contributed by atoms with Crippen LogP contribution in [-0.4, -0.2) is 46.5 Å². The number of hydrogen-bond acceptors (Lipinski definition) is 3. The average molecular weight is 312 g/mol. The van der Waals surface area contributed by atoms with E-state index in [9.17, 15) is 4.79 Å². The van der Waals surface area contributed by atoms with Crippen LogP contribution in [0, 0.1) is 5.92 Å². The molecule has 0 bridgehead atoms. The molecule has 2 fully saturated rings. The number of benzene rings is 1. The van der Waals surface area contributed by atoms with Gasteiger partial charge in [0.15, 0.2) is 0 Å². The zero-order chi connectivity index (χ0) is 16.0. The van der Waals surface area contributed by atoms with Gasteiger partial charge in [0.1, 0.15) is 0 Å². The van der Waals surface area contributed by atoms with Crippen LogP contribution in [0.1, 0.15) is 25.7 Å². The van der Waals surface area contributed by atoms with Crippen molar-refractivity contribution < 1.29 is 4.79 Å². The minimum absolute atomic E-state index is 0.297. The number of likely N-dealkylation sites (N-methyl/N-ethyl adjacent to an activating group) is 1. The number of imidazole rings is 1. The van der Waals surface area contributed by atoms with E-state index in [1.807, 2.05) is 18.0 Å². The van der Waals surface area contributed by atoms with Crippen LogP contribution in [-0.2, 0) is 11.8 Å². The third-order valence-electron chi connectivity index (χ3n) is 5.26. The Labute approximate surface area is 136 Å². The average Bonchev–Trinajstić information content (AvgIpc) is 3.38. The topological polar surface area (TPSA) is 41.4 Å². The van der Waals surface area contributed by atoms with Gasteiger partial charge in [-0.2, -0.15) is 0 Å². The fourth-order valence-corrected chi connectivity index (χ4v) is 3.67. The zero-order valence-corrected chi connectivity index (χ0v) is 13.9. The van der Waals surface area contributed by atoms with E-state index in [1.165, 1.54) is 0 Å². The van der Waals surface area contributed by atoms with Crippen molar-refractivity contribution in [2.24, 2.45) is 13.0 Å². The monoisotopic (exact) mass is 312 g/mol. The smallest absolute Gasteiger partial charge is 0.225 e. The molecule has 1 atom stereocenters. The SMILES string of the molecule is CN(C(=O)C1CC1)C1CCCN(c2nc3ccccc3n2C)C1. The van der Waals surface area contributed by atoms with E-state index >= 15 is 0 Å². The Bertz CT molecular complexity index is 734. The van der Waals surface area contributed by atoms with Crippen LogP contribution in [0.25, 0.3) is 11.0 Å². The van der Waals surface area contributed by atoms with Gasteiger partial charge in [-0.1, -0.05) is 12.1 Å². The first-order chi connectivity index (χ1) is 11.1. The summed E-state index contributed by atoms with van der Waals surface area (Å²) in [6, 6.07) is 8.55. The number of hydrogen-bond donors (Lipinski definition) is 0. The molecule has 2 heterocycles. The molecule has 4 rings (SSSR count). The molecule has 1 aromatic carbocycles. The van der Waals surface area contributed by atoms with Crippen LogP contribution in [0.5, 0.6) is 0 Å². The Morgan fingerprint density at radius 1 is 1.26 bits per heavy atom. The van der Waals surface area contributed by atoms with E-state index in [2.05, 4.69) is 34.7 Å². The predicted molar refractivity (Wildman–Crippen MR) is 91.4 cm³/mol. The first-order valence-electron chi connectivity index (χ1n) is 8.58. The number of amides is 1. The van der Waals surface area contributed by atoms with Crippen LogP contribution in [0.4, 0.5) is 5.95 Å². The quantitative estimate of drug-likeness (QED) is 0.874. The van der Waals surface area contributed by atoms with Gasteiger partial charge < -0.3 is 14.4 Å². The van der Waals surface area contributed by atoms with E-state index in [0.717, 1.165) is 55.8 Å². The summed E-state index contributed by atoms with van der Waals surface area (Å²) in [5.74, 6) is 1.65. The van der Waals surface area contributed by atoms with Crippen LogP contribution in [0.3, 0.4) is 0 Å². The summed E-state index contributed by atoms with van der Waals surface area (Å²) in [4.78, 5) is 21.5. The van der Waals surface area contributed by atoms with Crippen LogP contribution in [0.15, 0.2) is 24.3 Å². The molecule has 1 unspecified atom stereocenters. The molecule has 1 saturated carbocycles. The van der Waals surface area contributed by atoms with E-state index in [0.29, 0.717) is 17.9 Å². The molecule has 5 heteroatoms. The lowest BCUT2D eigenvalue weighted by molar-refractivity contribution is -0.133. The first-order valence-corrected chi connectivity index (χ1v) is 8.58. The highest BCUT2D eigenvalue weighted by atomic mass is 16.2. The summed E-state index contributed by atoms with van der Waals surface area (Å²) in [7, 11) is 4.05. The molecular formula is C18H24N4O. The van der Waals surface area contributed by atoms with E-state index in [-0.39, 0.29) is 0 Å². The molecule has 0 radical (unpaired) electrons. The van der Waals surface area contributed by atoms with Gasteiger partial charge >= 0.3 is 0 Å². The Morgan fingerprint density at radius 3 is 2.78 bits per heavy atom. The fraction of sp³-hybridized carbons (Fsp3) is 0.556. The second kappa shape index (κ2) is 5.55. The lowest BCUT2D eigenvalue weighted by atomic mass is 10.0. The van der Waals surface area contributed by atoms with Crippen molar-refractivity contribution >= 4 is 22.9 Å². The van der Waals surface area contributed by atoms with Crippen LogP contribution >= 0.6 is 0 Å². The molecule has 1 amide bonds. The molecule has 122 valence electrons. The number of piperidine rings is 1. The molecule has 1 aliphatic heterocycles. The zero-order valence-electron chi connectivity index (χ0n) is 13.9. The Hall–Kier alpha value is -2.04. The Kier molecular flexibility index (Phi) is 3.51. The highest BCUT2D eigenvalue weighted by Gasteiger charge is 2.36. The van der Waals surface area contributed by atoms with Crippen molar-refractivity contribution in [2.45, 2.75) is 31.7 Å². The van der Waals surface area contributed by atoms with Gasteiger partial charge in [-0.3, -0.25) is 4.79 Å². The van der Waals surface area contributed by atoms with Crippen molar-refractivity contribution in [3.8, 4) is 0 Å². The lowest BCUT2D eigenvalue weighted by Crippen LogP contribution is -2.49. The maximum Gasteiger partial charge on any atom is 0.225 e. The maximum absolute atomic E-state index is 12.3. The summed E-state index contributed by atoms with van der Waals surface area (Å²) < 4.78 is 2.17.